The molecule has 2 aliphatic rings. The molecule has 1 aliphatic carbocycles. The maximum atomic E-state index is 12.4. The molecule has 0 radical (unpaired) electrons. The van der Waals surface area contributed by atoms with Crippen molar-refractivity contribution in [1.82, 2.24) is 5.32 Å². The van der Waals surface area contributed by atoms with Crippen LogP contribution in [0.4, 0.5) is 5.69 Å². The summed E-state index contributed by atoms with van der Waals surface area (Å²) in [5, 5.41) is 3.39. The predicted octanol–water partition coefficient (Wildman–Crippen LogP) is 2.24. The number of nitrogens with one attached hydrogen (secondary N) is 1. The number of imide groups is 1. The first-order valence-corrected chi connectivity index (χ1v) is 7.43. The van der Waals surface area contributed by atoms with Crippen LogP contribution >= 0.6 is 0 Å². The summed E-state index contributed by atoms with van der Waals surface area (Å²) in [6, 6.07) is 9.23. The molecule has 2 fully saturated rings. The van der Waals surface area contributed by atoms with Crippen LogP contribution in [0.3, 0.4) is 0 Å². The number of para-hydroxylation sites is 1. The topological polar surface area (TPSA) is 49.4 Å². The smallest absolute Gasteiger partial charge is 0.251 e. The minimum absolute atomic E-state index is 0.102. The van der Waals surface area contributed by atoms with Gasteiger partial charge >= 0.3 is 0 Å². The van der Waals surface area contributed by atoms with Crippen molar-refractivity contribution < 1.29 is 9.59 Å². The van der Waals surface area contributed by atoms with Gasteiger partial charge < -0.3 is 5.32 Å². The number of benzene rings is 1. The lowest BCUT2D eigenvalue weighted by molar-refractivity contribution is -0.121. The first kappa shape index (κ1) is 13.3. The average Bonchev–Trinajstić information content (AvgIpc) is 2.75. The minimum Gasteiger partial charge on any atom is -0.303 e. The van der Waals surface area contributed by atoms with E-state index in [9.17, 15) is 9.59 Å². The summed E-state index contributed by atoms with van der Waals surface area (Å²) in [5.41, 5.74) is 0.676. The maximum Gasteiger partial charge on any atom is 0.251 e. The normalized spacial score (nSPS) is 24.4. The van der Waals surface area contributed by atoms with Crippen LogP contribution in [0, 0.1) is 0 Å². The molecule has 1 atom stereocenters. The van der Waals surface area contributed by atoms with E-state index in [1.165, 1.54) is 24.2 Å². The molecule has 1 heterocycles. The summed E-state index contributed by atoms with van der Waals surface area (Å²) >= 11 is 0. The third-order valence-electron chi connectivity index (χ3n) is 4.20. The molecule has 4 heteroatoms. The van der Waals surface area contributed by atoms with Crippen molar-refractivity contribution in [3.05, 3.63) is 30.3 Å². The van der Waals surface area contributed by atoms with Crippen LogP contribution in [0.5, 0.6) is 0 Å². The SMILES string of the molecule is O=C1CC(NC2CCCCC2)C(=O)N1c1ccccc1. The number of nitrogens with zero attached hydrogens (tertiary/aromatic N) is 1. The van der Waals surface area contributed by atoms with Crippen LogP contribution < -0.4 is 10.2 Å². The van der Waals surface area contributed by atoms with E-state index in [0.717, 1.165) is 12.8 Å². The second kappa shape index (κ2) is 5.75. The van der Waals surface area contributed by atoms with Gasteiger partial charge in [-0.2, -0.15) is 0 Å². The zero-order chi connectivity index (χ0) is 13.9. The minimum atomic E-state index is -0.342. The highest BCUT2D eigenvalue weighted by atomic mass is 16.2. The van der Waals surface area contributed by atoms with Crippen molar-refractivity contribution in [2.24, 2.45) is 0 Å². The Hall–Kier alpha value is -1.68. The Labute approximate surface area is 119 Å². The third-order valence-corrected chi connectivity index (χ3v) is 4.20. The molecule has 0 aromatic heterocycles. The summed E-state index contributed by atoms with van der Waals surface area (Å²) in [4.78, 5) is 25.9. The molecule has 1 unspecified atom stereocenters. The van der Waals surface area contributed by atoms with Crippen LogP contribution in [-0.4, -0.2) is 23.9 Å². The number of anilines is 1. The van der Waals surface area contributed by atoms with Crippen LogP contribution in [0.2, 0.25) is 0 Å². The van der Waals surface area contributed by atoms with Crippen molar-refractivity contribution in [2.45, 2.75) is 50.6 Å². The van der Waals surface area contributed by atoms with Crippen molar-refractivity contribution in [2.75, 3.05) is 4.90 Å². The fourth-order valence-corrected chi connectivity index (χ4v) is 3.16. The number of hydrogen-bond donors (Lipinski definition) is 1. The highest BCUT2D eigenvalue weighted by Crippen LogP contribution is 2.24. The van der Waals surface area contributed by atoms with Crippen LogP contribution in [0.1, 0.15) is 38.5 Å². The standard InChI is InChI=1S/C16H20N2O2/c19-15-11-14(17-12-7-3-1-4-8-12)16(20)18(15)13-9-5-2-6-10-13/h2,5-6,9-10,12,14,17H,1,3-4,7-8,11H2. The first-order valence-electron chi connectivity index (χ1n) is 7.43. The van der Waals surface area contributed by atoms with Gasteiger partial charge in [-0.3, -0.25) is 9.59 Å². The second-order valence-electron chi connectivity index (χ2n) is 5.66. The predicted molar refractivity (Wildman–Crippen MR) is 77.3 cm³/mol. The van der Waals surface area contributed by atoms with Crippen LogP contribution in [-0.2, 0) is 9.59 Å². The lowest BCUT2D eigenvalue weighted by Gasteiger charge is -2.25. The number of amides is 2. The lowest BCUT2D eigenvalue weighted by Crippen LogP contribution is -2.44. The number of carbonyl (C=O) groups excluding carboxylic acids is 2. The van der Waals surface area contributed by atoms with Gasteiger partial charge in [0.05, 0.1) is 18.2 Å². The quantitative estimate of drug-likeness (QED) is 0.859. The van der Waals surface area contributed by atoms with E-state index in [1.54, 1.807) is 12.1 Å². The zero-order valence-electron chi connectivity index (χ0n) is 11.5. The first-order chi connectivity index (χ1) is 9.75. The van der Waals surface area contributed by atoms with Crippen molar-refractivity contribution in [1.29, 1.82) is 0 Å². The maximum absolute atomic E-state index is 12.4. The molecule has 0 bridgehead atoms. The Morgan fingerprint density at radius 2 is 1.70 bits per heavy atom. The third kappa shape index (κ3) is 2.61. The second-order valence-corrected chi connectivity index (χ2v) is 5.66. The Morgan fingerprint density at radius 1 is 1.00 bits per heavy atom. The molecule has 0 spiro atoms. The molecule has 1 aromatic carbocycles. The zero-order valence-corrected chi connectivity index (χ0v) is 11.5. The molecule has 4 nitrogen and oxygen atoms in total. The van der Waals surface area contributed by atoms with Gasteiger partial charge in [0.15, 0.2) is 0 Å². The fourth-order valence-electron chi connectivity index (χ4n) is 3.16. The van der Waals surface area contributed by atoms with Crippen molar-refractivity contribution in [3.63, 3.8) is 0 Å². The Bertz CT molecular complexity index is 494. The van der Waals surface area contributed by atoms with Gasteiger partial charge in [-0.1, -0.05) is 37.5 Å². The molecule has 1 saturated heterocycles. The highest BCUT2D eigenvalue weighted by Gasteiger charge is 2.40. The average molecular weight is 272 g/mol. The monoisotopic (exact) mass is 272 g/mol. The van der Waals surface area contributed by atoms with E-state index in [2.05, 4.69) is 5.32 Å². The van der Waals surface area contributed by atoms with Crippen LogP contribution in [0.15, 0.2) is 30.3 Å². The largest absolute Gasteiger partial charge is 0.303 e. The van der Waals surface area contributed by atoms with Gasteiger partial charge in [-0.15, -0.1) is 0 Å². The summed E-state index contributed by atoms with van der Waals surface area (Å²) in [6.45, 7) is 0. The Kier molecular flexibility index (Phi) is 3.83. The molecule has 1 aromatic rings. The van der Waals surface area contributed by atoms with Gasteiger partial charge in [0.2, 0.25) is 5.91 Å². The molecule has 1 N–H and O–H groups in total. The van der Waals surface area contributed by atoms with Crippen molar-refractivity contribution in [3.8, 4) is 0 Å². The summed E-state index contributed by atoms with van der Waals surface area (Å²) in [7, 11) is 0. The van der Waals surface area contributed by atoms with Gasteiger partial charge in [-0.25, -0.2) is 4.90 Å². The molecule has 2 amide bonds. The van der Waals surface area contributed by atoms with Gasteiger partial charge in [0, 0.05) is 6.04 Å². The van der Waals surface area contributed by atoms with Gasteiger partial charge in [0.1, 0.15) is 0 Å². The molecule has 1 saturated carbocycles. The molecule has 1 aliphatic heterocycles. The van der Waals surface area contributed by atoms with E-state index in [1.807, 2.05) is 18.2 Å². The van der Waals surface area contributed by atoms with Crippen LogP contribution in [0.25, 0.3) is 0 Å². The molecule has 106 valence electrons. The van der Waals surface area contributed by atoms with Gasteiger partial charge in [-0.05, 0) is 25.0 Å². The van der Waals surface area contributed by atoms with E-state index in [0.29, 0.717) is 11.7 Å². The molecular formula is C16H20N2O2. The molecule has 20 heavy (non-hydrogen) atoms. The number of rotatable bonds is 3. The van der Waals surface area contributed by atoms with Gasteiger partial charge in [0.25, 0.3) is 5.91 Å². The highest BCUT2D eigenvalue weighted by molar-refractivity contribution is 6.22. The summed E-state index contributed by atoms with van der Waals surface area (Å²) in [5.74, 6) is -0.207. The van der Waals surface area contributed by atoms with E-state index >= 15 is 0 Å². The molecule has 3 rings (SSSR count). The summed E-state index contributed by atoms with van der Waals surface area (Å²) in [6.07, 6.45) is 6.23. The summed E-state index contributed by atoms with van der Waals surface area (Å²) < 4.78 is 0. The Balaban J connectivity index is 1.70. The molecular weight excluding hydrogens is 252 g/mol. The lowest BCUT2D eigenvalue weighted by atomic mass is 9.95. The van der Waals surface area contributed by atoms with E-state index in [-0.39, 0.29) is 24.3 Å². The Morgan fingerprint density at radius 3 is 2.40 bits per heavy atom. The fraction of sp³-hybridized carbons (Fsp3) is 0.500. The number of carbonyl (C=O) groups is 2. The van der Waals surface area contributed by atoms with E-state index in [4.69, 9.17) is 0 Å². The van der Waals surface area contributed by atoms with E-state index < -0.39 is 0 Å². The van der Waals surface area contributed by atoms with Crippen molar-refractivity contribution >= 4 is 17.5 Å². The number of hydrogen-bond acceptors (Lipinski definition) is 3.